The number of fused-ring (bicyclic) bond motifs is 5. The van der Waals surface area contributed by atoms with E-state index < -0.39 is 0 Å². The number of carbonyl (C=O) groups excluding carboxylic acids is 1. The van der Waals surface area contributed by atoms with Crippen LogP contribution in [0.25, 0.3) is 0 Å². The maximum Gasteiger partial charge on any atom is 0.155 e. The van der Waals surface area contributed by atoms with Crippen molar-refractivity contribution in [2.45, 2.75) is 78.2 Å². The van der Waals surface area contributed by atoms with E-state index in [-0.39, 0.29) is 11.5 Å². The van der Waals surface area contributed by atoms with E-state index in [9.17, 15) is 9.90 Å². The van der Waals surface area contributed by atoms with Crippen LogP contribution in [-0.4, -0.2) is 17.0 Å². The minimum atomic E-state index is -0.323. The summed E-state index contributed by atoms with van der Waals surface area (Å²) in [4.78, 5) is 11.9. The number of carbonyl (C=O) groups is 1. The van der Waals surface area contributed by atoms with E-state index in [0.717, 1.165) is 37.0 Å². The largest absolute Gasteiger partial charge is 0.389 e. The van der Waals surface area contributed by atoms with Crippen LogP contribution in [0.5, 0.6) is 0 Å². The molecule has 4 aliphatic rings. The van der Waals surface area contributed by atoms with Gasteiger partial charge in [-0.05, 0) is 86.5 Å². The van der Waals surface area contributed by atoms with Gasteiger partial charge in [-0.2, -0.15) is 0 Å². The van der Waals surface area contributed by atoms with Gasteiger partial charge in [0.15, 0.2) is 5.78 Å². The zero-order valence-electron chi connectivity index (χ0n) is 15.5. The van der Waals surface area contributed by atoms with E-state index in [4.69, 9.17) is 0 Å². The average molecular weight is 328 g/mol. The first-order valence-corrected chi connectivity index (χ1v) is 9.98. The van der Waals surface area contributed by atoms with Crippen molar-refractivity contribution in [3.8, 4) is 0 Å². The second-order valence-electron chi connectivity index (χ2n) is 9.40. The molecule has 0 radical (unpaired) electrons. The van der Waals surface area contributed by atoms with Crippen molar-refractivity contribution in [1.82, 2.24) is 0 Å². The van der Waals surface area contributed by atoms with Crippen LogP contribution in [0.4, 0.5) is 0 Å². The summed E-state index contributed by atoms with van der Waals surface area (Å²) in [6.45, 7) is 6.80. The first-order chi connectivity index (χ1) is 11.3. The second-order valence-corrected chi connectivity index (χ2v) is 9.40. The van der Waals surface area contributed by atoms with Crippen molar-refractivity contribution in [3.05, 3.63) is 23.3 Å². The van der Waals surface area contributed by atoms with Gasteiger partial charge in [-0.1, -0.05) is 31.1 Å². The molecule has 0 aromatic heterocycles. The molecule has 2 nitrogen and oxygen atoms in total. The molecule has 0 aromatic rings. The number of allylic oxidation sites excluding steroid dienone is 2. The summed E-state index contributed by atoms with van der Waals surface area (Å²) < 4.78 is 0. The van der Waals surface area contributed by atoms with Crippen molar-refractivity contribution in [1.29, 1.82) is 0 Å². The van der Waals surface area contributed by atoms with Gasteiger partial charge in [-0.3, -0.25) is 4.79 Å². The summed E-state index contributed by atoms with van der Waals surface area (Å²) in [5.41, 5.74) is 3.56. The molecule has 4 aliphatic carbocycles. The highest BCUT2D eigenvalue weighted by atomic mass is 16.3. The number of hydrogen-bond acceptors (Lipinski definition) is 2. The molecule has 132 valence electrons. The lowest BCUT2D eigenvalue weighted by molar-refractivity contribution is -0.117. The van der Waals surface area contributed by atoms with Gasteiger partial charge in [0.25, 0.3) is 0 Å². The summed E-state index contributed by atoms with van der Waals surface area (Å²) in [6, 6.07) is 0. The maximum atomic E-state index is 11.9. The number of hydrogen-bond donors (Lipinski definition) is 1. The molecule has 3 fully saturated rings. The monoisotopic (exact) mass is 328 g/mol. The minimum Gasteiger partial charge on any atom is -0.389 e. The lowest BCUT2D eigenvalue weighted by Crippen LogP contribution is -2.49. The fraction of sp³-hybridized carbons (Fsp3) is 0.773. The molecule has 0 amide bonds. The van der Waals surface area contributed by atoms with Crippen LogP contribution < -0.4 is 0 Å². The zero-order chi connectivity index (χ0) is 17.1. The Labute approximate surface area is 146 Å². The lowest BCUT2D eigenvalue weighted by Gasteiger charge is -2.57. The van der Waals surface area contributed by atoms with Crippen LogP contribution in [0.15, 0.2) is 23.3 Å². The summed E-state index contributed by atoms with van der Waals surface area (Å²) in [5, 5.41) is 9.85. The standard InChI is InChI=1S/C22H32O2/c1-14(23)12-15-5-7-19-18-6-4-16-13-17(24)8-10-21(16,2)20(18)9-11-22(15,19)3/h12-14,18-20,23H,4-11H2,1-3H3/t14?,18-,19-,20-,21-,22+/m0/s1. The van der Waals surface area contributed by atoms with Crippen molar-refractivity contribution >= 4 is 5.78 Å². The summed E-state index contributed by atoms with van der Waals surface area (Å²) in [5.74, 6) is 2.69. The fourth-order valence-corrected chi connectivity index (χ4v) is 6.97. The molecule has 3 saturated carbocycles. The van der Waals surface area contributed by atoms with Crippen LogP contribution in [0, 0.1) is 28.6 Å². The lowest BCUT2D eigenvalue weighted by atomic mass is 9.47. The Morgan fingerprint density at radius 3 is 2.58 bits per heavy atom. The predicted octanol–water partition coefficient (Wildman–Crippen LogP) is 4.83. The van der Waals surface area contributed by atoms with E-state index in [0.29, 0.717) is 11.2 Å². The molecule has 0 aromatic carbocycles. The molecule has 1 unspecified atom stereocenters. The number of aliphatic hydroxyl groups is 1. The molecular formula is C22H32O2. The van der Waals surface area contributed by atoms with E-state index in [1.165, 1.54) is 43.3 Å². The normalized spacial score (nSPS) is 47.7. The highest BCUT2D eigenvalue weighted by molar-refractivity contribution is 5.91. The fourth-order valence-electron chi connectivity index (χ4n) is 6.97. The van der Waals surface area contributed by atoms with E-state index >= 15 is 0 Å². The predicted molar refractivity (Wildman–Crippen MR) is 96.5 cm³/mol. The van der Waals surface area contributed by atoms with E-state index in [2.05, 4.69) is 19.9 Å². The van der Waals surface area contributed by atoms with Crippen molar-refractivity contribution < 1.29 is 9.90 Å². The molecule has 0 heterocycles. The van der Waals surface area contributed by atoms with Crippen LogP contribution in [0.3, 0.4) is 0 Å². The smallest absolute Gasteiger partial charge is 0.155 e. The van der Waals surface area contributed by atoms with Gasteiger partial charge in [0.2, 0.25) is 0 Å². The van der Waals surface area contributed by atoms with Gasteiger partial charge < -0.3 is 5.11 Å². The number of rotatable bonds is 1. The molecular weight excluding hydrogens is 296 g/mol. The van der Waals surface area contributed by atoms with Gasteiger partial charge >= 0.3 is 0 Å². The Hall–Kier alpha value is -0.890. The Kier molecular flexibility index (Phi) is 3.84. The van der Waals surface area contributed by atoms with Gasteiger partial charge in [0.1, 0.15) is 0 Å². The first kappa shape index (κ1) is 16.6. The topological polar surface area (TPSA) is 37.3 Å². The van der Waals surface area contributed by atoms with Gasteiger partial charge in [0, 0.05) is 6.42 Å². The molecule has 1 N–H and O–H groups in total. The first-order valence-electron chi connectivity index (χ1n) is 9.98. The highest BCUT2D eigenvalue weighted by Crippen LogP contribution is 2.66. The quantitative estimate of drug-likeness (QED) is 0.700. The third kappa shape index (κ3) is 2.29. The van der Waals surface area contributed by atoms with Crippen LogP contribution in [0.2, 0.25) is 0 Å². The van der Waals surface area contributed by atoms with Crippen molar-refractivity contribution in [2.24, 2.45) is 28.6 Å². The molecule has 0 aliphatic heterocycles. The Balaban J connectivity index is 1.66. The third-order valence-corrected chi connectivity index (χ3v) is 8.25. The molecule has 6 atom stereocenters. The zero-order valence-corrected chi connectivity index (χ0v) is 15.5. The third-order valence-electron chi connectivity index (χ3n) is 8.25. The van der Waals surface area contributed by atoms with E-state index in [1.807, 2.05) is 13.0 Å². The van der Waals surface area contributed by atoms with Crippen LogP contribution in [-0.2, 0) is 4.79 Å². The molecule has 2 heteroatoms. The summed E-state index contributed by atoms with van der Waals surface area (Å²) in [6.07, 6.45) is 13.0. The van der Waals surface area contributed by atoms with E-state index in [1.54, 1.807) is 0 Å². The Morgan fingerprint density at radius 1 is 1.08 bits per heavy atom. The average Bonchev–Trinajstić information content (AvgIpc) is 2.84. The maximum absolute atomic E-state index is 11.9. The molecule has 4 rings (SSSR count). The highest BCUT2D eigenvalue weighted by Gasteiger charge is 2.57. The van der Waals surface area contributed by atoms with Gasteiger partial charge in [-0.15, -0.1) is 0 Å². The number of ketones is 1. The van der Waals surface area contributed by atoms with Crippen LogP contribution >= 0.6 is 0 Å². The van der Waals surface area contributed by atoms with Crippen molar-refractivity contribution in [2.75, 3.05) is 0 Å². The Morgan fingerprint density at radius 2 is 1.83 bits per heavy atom. The second kappa shape index (κ2) is 5.56. The summed E-state index contributed by atoms with van der Waals surface area (Å²) >= 11 is 0. The molecule has 24 heavy (non-hydrogen) atoms. The van der Waals surface area contributed by atoms with Gasteiger partial charge in [0.05, 0.1) is 6.10 Å². The van der Waals surface area contributed by atoms with Crippen LogP contribution in [0.1, 0.15) is 72.1 Å². The Bertz CT molecular complexity index is 613. The molecule has 0 spiro atoms. The van der Waals surface area contributed by atoms with Crippen molar-refractivity contribution in [3.63, 3.8) is 0 Å². The van der Waals surface area contributed by atoms with Gasteiger partial charge in [-0.25, -0.2) is 0 Å². The molecule has 0 bridgehead atoms. The SMILES string of the molecule is CC(O)C=C1CC[C@H]2[C@@H]3CCC4=CC(=O)CC[C@]4(C)[C@H]3CC[C@]12C. The summed E-state index contributed by atoms with van der Waals surface area (Å²) in [7, 11) is 0. The molecule has 0 saturated heterocycles. The number of aliphatic hydroxyl groups excluding tert-OH is 1. The minimum absolute atomic E-state index is 0.273.